The molecule has 1 amide bonds. The Hall–Kier alpha value is -2.58. The Kier molecular flexibility index (Phi) is 6.44. The summed E-state index contributed by atoms with van der Waals surface area (Å²) in [7, 11) is -0.580. The summed E-state index contributed by atoms with van der Waals surface area (Å²) in [4.78, 5) is 12.7. The molecule has 0 bridgehead atoms. The van der Waals surface area contributed by atoms with Gasteiger partial charge in [0.1, 0.15) is 0 Å². The Balaban J connectivity index is 1.79. The zero-order valence-electron chi connectivity index (χ0n) is 16.6. The predicted octanol–water partition coefficient (Wildman–Crippen LogP) is 2.81. The van der Waals surface area contributed by atoms with Crippen molar-refractivity contribution in [3.63, 3.8) is 0 Å². The first kappa shape index (κ1) is 21.1. The van der Waals surface area contributed by atoms with Crippen LogP contribution in [0, 0.1) is 0 Å². The lowest BCUT2D eigenvalue weighted by Gasteiger charge is -2.33. The second kappa shape index (κ2) is 8.84. The molecule has 0 radical (unpaired) electrons. The number of carbonyl (C=O) groups is 1. The highest BCUT2D eigenvalue weighted by atomic mass is 32.2. The molecule has 2 aromatic carbocycles. The highest BCUT2D eigenvalue weighted by molar-refractivity contribution is 7.89. The predicted molar refractivity (Wildman–Crippen MR) is 110 cm³/mol. The molecule has 0 heterocycles. The van der Waals surface area contributed by atoms with Gasteiger partial charge in [-0.05, 0) is 54.8 Å². The van der Waals surface area contributed by atoms with Crippen LogP contribution in [0.5, 0.6) is 11.5 Å². The monoisotopic (exact) mass is 418 g/mol. The summed E-state index contributed by atoms with van der Waals surface area (Å²) in [6.45, 7) is 0. The number of primary sulfonamides is 1. The van der Waals surface area contributed by atoms with Crippen molar-refractivity contribution in [2.75, 3.05) is 14.2 Å². The molecule has 1 aliphatic rings. The van der Waals surface area contributed by atoms with E-state index in [1.807, 2.05) is 18.2 Å². The first-order chi connectivity index (χ1) is 13.8. The smallest absolute Gasteiger partial charge is 0.251 e. The summed E-state index contributed by atoms with van der Waals surface area (Å²) in [6.07, 6.45) is 3.97. The fraction of sp³-hybridized carbons (Fsp3) is 0.381. The molecule has 3 N–H and O–H groups in total. The minimum atomic E-state index is -3.78. The molecule has 0 aliphatic heterocycles. The van der Waals surface area contributed by atoms with Crippen LogP contribution in [0.1, 0.15) is 47.5 Å². The number of amides is 1. The molecule has 1 fully saturated rings. The van der Waals surface area contributed by atoms with Gasteiger partial charge in [-0.2, -0.15) is 0 Å². The SMILES string of the molecule is COc1ccc([C@H]2CCCC[C@H]2NC(=O)c2ccc(S(N)(=O)=O)cc2)cc1OC. The van der Waals surface area contributed by atoms with Gasteiger partial charge >= 0.3 is 0 Å². The molecule has 29 heavy (non-hydrogen) atoms. The van der Waals surface area contributed by atoms with Crippen LogP contribution in [0.3, 0.4) is 0 Å². The number of carbonyl (C=O) groups excluding carboxylic acids is 1. The zero-order valence-corrected chi connectivity index (χ0v) is 17.4. The van der Waals surface area contributed by atoms with Gasteiger partial charge in [0.25, 0.3) is 5.91 Å². The van der Waals surface area contributed by atoms with Gasteiger partial charge in [0.05, 0.1) is 19.1 Å². The van der Waals surface area contributed by atoms with E-state index < -0.39 is 10.0 Å². The second-order valence-electron chi connectivity index (χ2n) is 7.15. The maximum Gasteiger partial charge on any atom is 0.251 e. The molecule has 0 saturated heterocycles. The highest BCUT2D eigenvalue weighted by Crippen LogP contribution is 2.37. The van der Waals surface area contributed by atoms with Gasteiger partial charge in [-0.3, -0.25) is 4.79 Å². The topological polar surface area (TPSA) is 108 Å². The van der Waals surface area contributed by atoms with E-state index in [0.29, 0.717) is 17.1 Å². The second-order valence-corrected chi connectivity index (χ2v) is 8.72. The van der Waals surface area contributed by atoms with Gasteiger partial charge < -0.3 is 14.8 Å². The van der Waals surface area contributed by atoms with E-state index in [-0.39, 0.29) is 22.8 Å². The van der Waals surface area contributed by atoms with E-state index in [9.17, 15) is 13.2 Å². The minimum Gasteiger partial charge on any atom is -0.493 e. The number of sulfonamides is 1. The van der Waals surface area contributed by atoms with E-state index in [4.69, 9.17) is 14.6 Å². The summed E-state index contributed by atoms with van der Waals surface area (Å²) in [5.41, 5.74) is 1.49. The maximum atomic E-state index is 12.7. The van der Waals surface area contributed by atoms with Gasteiger partial charge in [0, 0.05) is 17.5 Å². The maximum absolute atomic E-state index is 12.7. The first-order valence-corrected chi connectivity index (χ1v) is 11.0. The standard InChI is InChI=1S/C21H26N2O5S/c1-27-19-12-9-15(13-20(19)28-2)17-5-3-4-6-18(17)23-21(24)14-7-10-16(11-8-14)29(22,25)26/h7-13,17-18H,3-6H2,1-2H3,(H,23,24)(H2,22,25,26)/t17-,18-/m1/s1. The summed E-state index contributed by atoms with van der Waals surface area (Å²) in [6, 6.07) is 11.5. The average Bonchev–Trinajstić information content (AvgIpc) is 2.73. The normalized spacial score (nSPS) is 19.4. The van der Waals surface area contributed by atoms with Crippen LogP contribution in [-0.4, -0.2) is 34.6 Å². The van der Waals surface area contributed by atoms with Crippen molar-refractivity contribution in [1.82, 2.24) is 5.32 Å². The van der Waals surface area contributed by atoms with E-state index in [1.54, 1.807) is 14.2 Å². The van der Waals surface area contributed by atoms with Gasteiger partial charge in [-0.15, -0.1) is 0 Å². The minimum absolute atomic E-state index is 0.0186. The number of nitrogens with two attached hydrogens (primary N) is 1. The van der Waals surface area contributed by atoms with Crippen molar-refractivity contribution in [3.05, 3.63) is 53.6 Å². The number of methoxy groups -OCH3 is 2. The summed E-state index contributed by atoms with van der Waals surface area (Å²) in [5.74, 6) is 1.27. The molecular weight excluding hydrogens is 392 g/mol. The molecular formula is C21H26N2O5S. The lowest BCUT2D eigenvalue weighted by atomic mass is 9.79. The molecule has 0 unspecified atom stereocenters. The van der Waals surface area contributed by atoms with Crippen LogP contribution in [0.4, 0.5) is 0 Å². The van der Waals surface area contributed by atoms with Gasteiger partial charge in [0.2, 0.25) is 10.0 Å². The molecule has 2 aromatic rings. The number of hydrogen-bond acceptors (Lipinski definition) is 5. The van der Waals surface area contributed by atoms with Crippen LogP contribution in [-0.2, 0) is 10.0 Å². The van der Waals surface area contributed by atoms with E-state index >= 15 is 0 Å². The quantitative estimate of drug-likeness (QED) is 0.750. The van der Waals surface area contributed by atoms with E-state index in [0.717, 1.165) is 31.2 Å². The molecule has 2 atom stereocenters. The summed E-state index contributed by atoms with van der Waals surface area (Å²) in [5, 5.41) is 8.23. The van der Waals surface area contributed by atoms with Gasteiger partial charge in [0.15, 0.2) is 11.5 Å². The molecule has 7 nitrogen and oxygen atoms in total. The number of ether oxygens (including phenoxy) is 2. The lowest BCUT2D eigenvalue weighted by Crippen LogP contribution is -2.41. The van der Waals surface area contributed by atoms with Crippen LogP contribution in [0.2, 0.25) is 0 Å². The number of benzene rings is 2. The third kappa shape index (κ3) is 4.89. The molecule has 156 valence electrons. The fourth-order valence-electron chi connectivity index (χ4n) is 3.83. The molecule has 8 heteroatoms. The van der Waals surface area contributed by atoms with E-state index in [1.165, 1.54) is 24.3 Å². The van der Waals surface area contributed by atoms with Crippen molar-refractivity contribution in [2.24, 2.45) is 5.14 Å². The van der Waals surface area contributed by atoms with Crippen molar-refractivity contribution in [1.29, 1.82) is 0 Å². The number of rotatable bonds is 6. The van der Waals surface area contributed by atoms with Crippen molar-refractivity contribution >= 4 is 15.9 Å². The molecule has 0 spiro atoms. The molecule has 0 aromatic heterocycles. The Bertz CT molecular complexity index is 973. The van der Waals surface area contributed by atoms with Crippen molar-refractivity contribution < 1.29 is 22.7 Å². The lowest BCUT2D eigenvalue weighted by molar-refractivity contribution is 0.0920. The first-order valence-electron chi connectivity index (χ1n) is 9.49. The highest BCUT2D eigenvalue weighted by Gasteiger charge is 2.29. The summed E-state index contributed by atoms with van der Waals surface area (Å²) < 4.78 is 33.5. The zero-order chi connectivity index (χ0) is 21.0. The van der Waals surface area contributed by atoms with Crippen LogP contribution in [0.25, 0.3) is 0 Å². The van der Waals surface area contributed by atoms with Gasteiger partial charge in [-0.25, -0.2) is 13.6 Å². The Morgan fingerprint density at radius 3 is 2.28 bits per heavy atom. The third-order valence-electron chi connectivity index (χ3n) is 5.36. The van der Waals surface area contributed by atoms with Gasteiger partial charge in [-0.1, -0.05) is 18.9 Å². The Morgan fingerprint density at radius 2 is 1.66 bits per heavy atom. The molecule has 1 aliphatic carbocycles. The summed E-state index contributed by atoms with van der Waals surface area (Å²) >= 11 is 0. The fourth-order valence-corrected chi connectivity index (χ4v) is 4.35. The third-order valence-corrected chi connectivity index (χ3v) is 6.29. The number of hydrogen-bond donors (Lipinski definition) is 2. The molecule has 1 saturated carbocycles. The van der Waals surface area contributed by atoms with Crippen LogP contribution in [0.15, 0.2) is 47.4 Å². The molecule has 3 rings (SSSR count). The van der Waals surface area contributed by atoms with Crippen LogP contribution >= 0.6 is 0 Å². The van der Waals surface area contributed by atoms with Crippen LogP contribution < -0.4 is 19.9 Å². The van der Waals surface area contributed by atoms with Crippen molar-refractivity contribution in [2.45, 2.75) is 42.5 Å². The van der Waals surface area contributed by atoms with E-state index in [2.05, 4.69) is 5.32 Å². The van der Waals surface area contributed by atoms with Crippen molar-refractivity contribution in [3.8, 4) is 11.5 Å². The Labute approximate surface area is 171 Å². The number of nitrogens with one attached hydrogen (secondary N) is 1. The Morgan fingerprint density at radius 1 is 1.00 bits per heavy atom. The average molecular weight is 419 g/mol. The largest absolute Gasteiger partial charge is 0.493 e.